The van der Waals surface area contributed by atoms with E-state index in [1.807, 2.05) is 0 Å². The average Bonchev–Trinajstić information content (AvgIpc) is 2.80. The molecule has 10 nitrogen and oxygen atoms in total. The molecule has 0 bridgehead atoms. The summed E-state index contributed by atoms with van der Waals surface area (Å²) in [6, 6.07) is 7.38. The highest BCUT2D eigenvalue weighted by atomic mass is 16.5. The lowest BCUT2D eigenvalue weighted by Gasteiger charge is -2.14. The molecule has 3 aromatic carbocycles. The maximum Gasteiger partial charge on any atom is 0.205 e. The van der Waals surface area contributed by atoms with Gasteiger partial charge >= 0.3 is 0 Å². The van der Waals surface area contributed by atoms with Crippen LogP contribution < -0.4 is 9.47 Å². The maximum absolute atomic E-state index is 13.1. The Morgan fingerprint density at radius 1 is 0.562 bits per heavy atom. The molecule has 3 aromatic rings. The number of benzene rings is 3. The van der Waals surface area contributed by atoms with Crippen molar-refractivity contribution in [3.63, 3.8) is 0 Å². The zero-order valence-corrected chi connectivity index (χ0v) is 16.8. The molecule has 0 fully saturated rings. The van der Waals surface area contributed by atoms with Gasteiger partial charge < -0.3 is 40.1 Å². The molecule has 0 unspecified atom stereocenters. The second-order valence-corrected chi connectivity index (χ2v) is 6.55. The van der Waals surface area contributed by atoms with Crippen molar-refractivity contribution in [3.8, 4) is 46.0 Å². The Hall–Kier alpha value is -4.60. The molecule has 166 valence electrons. The predicted octanol–water partition coefficient (Wildman–Crippen LogP) is 2.40. The van der Waals surface area contributed by atoms with Crippen LogP contribution in [0.3, 0.4) is 0 Å². The van der Waals surface area contributed by atoms with Crippen LogP contribution in [0, 0.1) is 0 Å². The number of methoxy groups -OCH3 is 2. The Morgan fingerprint density at radius 3 is 1.22 bits per heavy atom. The molecule has 0 radical (unpaired) electrons. The van der Waals surface area contributed by atoms with Crippen molar-refractivity contribution >= 4 is 11.6 Å². The van der Waals surface area contributed by atoms with Gasteiger partial charge in [-0.2, -0.15) is 0 Å². The normalized spacial score (nSPS) is 10.6. The van der Waals surface area contributed by atoms with Crippen molar-refractivity contribution in [1.29, 1.82) is 0 Å². The van der Waals surface area contributed by atoms with Crippen LogP contribution in [0.5, 0.6) is 46.0 Å². The molecule has 0 spiro atoms. The van der Waals surface area contributed by atoms with E-state index in [0.29, 0.717) is 0 Å². The van der Waals surface area contributed by atoms with E-state index >= 15 is 0 Å². The van der Waals surface area contributed by atoms with Crippen molar-refractivity contribution in [2.24, 2.45) is 0 Å². The molecule has 10 heteroatoms. The number of ether oxygens (including phenoxy) is 2. The lowest BCUT2D eigenvalue weighted by Crippen LogP contribution is -2.12. The summed E-state index contributed by atoms with van der Waals surface area (Å²) >= 11 is 0. The second-order valence-electron chi connectivity index (χ2n) is 6.55. The number of phenolic OH excluding ortho intramolecular Hbond substituents is 6. The Bertz CT molecular complexity index is 1150. The zero-order chi connectivity index (χ0) is 23.7. The first kappa shape index (κ1) is 22.1. The summed E-state index contributed by atoms with van der Waals surface area (Å²) in [4.78, 5) is 26.3. The molecule has 0 amide bonds. The van der Waals surface area contributed by atoms with E-state index in [4.69, 9.17) is 9.47 Å². The van der Waals surface area contributed by atoms with Crippen molar-refractivity contribution in [2.75, 3.05) is 14.2 Å². The summed E-state index contributed by atoms with van der Waals surface area (Å²) in [6.07, 6.45) is 0. The van der Waals surface area contributed by atoms with Crippen LogP contribution in [0.4, 0.5) is 0 Å². The first-order chi connectivity index (χ1) is 15.1. The molecule has 0 aliphatic rings. The van der Waals surface area contributed by atoms with Gasteiger partial charge in [-0.1, -0.05) is 24.3 Å². The van der Waals surface area contributed by atoms with Gasteiger partial charge in [-0.05, 0) is 12.1 Å². The number of carbonyl (C=O) groups excluding carboxylic acids is 2. The fourth-order valence-electron chi connectivity index (χ4n) is 3.08. The van der Waals surface area contributed by atoms with Crippen LogP contribution in [0.2, 0.25) is 0 Å². The van der Waals surface area contributed by atoms with Gasteiger partial charge in [0, 0.05) is 11.1 Å². The Kier molecular flexibility index (Phi) is 5.71. The molecule has 0 aromatic heterocycles. The molecular weight excluding hydrogens is 424 g/mol. The Labute approximate surface area is 180 Å². The first-order valence-electron chi connectivity index (χ1n) is 8.96. The minimum absolute atomic E-state index is 0.231. The summed E-state index contributed by atoms with van der Waals surface area (Å²) in [5.41, 5.74) is -1.39. The van der Waals surface area contributed by atoms with E-state index < -0.39 is 57.2 Å². The van der Waals surface area contributed by atoms with E-state index in [0.717, 1.165) is 12.1 Å². The summed E-state index contributed by atoms with van der Waals surface area (Å²) in [5, 5.41) is 59.7. The molecule has 32 heavy (non-hydrogen) atoms. The minimum Gasteiger partial charge on any atom is -0.504 e. The molecular formula is C22H18O10. The SMILES string of the molecule is COc1cc(C(=O)c2ccccc2C(=O)c2cc(OC)c(O)c(O)c2O)c(O)c(O)c1O. The van der Waals surface area contributed by atoms with Crippen LogP contribution in [0.15, 0.2) is 36.4 Å². The van der Waals surface area contributed by atoms with Gasteiger partial charge in [0.25, 0.3) is 0 Å². The Balaban J connectivity index is 2.18. The maximum atomic E-state index is 13.1. The third-order valence-electron chi connectivity index (χ3n) is 4.77. The van der Waals surface area contributed by atoms with E-state index in [1.165, 1.54) is 38.5 Å². The van der Waals surface area contributed by atoms with Crippen molar-refractivity contribution in [2.45, 2.75) is 0 Å². The number of hydrogen-bond donors (Lipinski definition) is 6. The van der Waals surface area contributed by atoms with Gasteiger partial charge in [0.1, 0.15) is 0 Å². The van der Waals surface area contributed by atoms with Crippen molar-refractivity contribution in [1.82, 2.24) is 0 Å². The number of hydrogen-bond acceptors (Lipinski definition) is 10. The highest BCUT2D eigenvalue weighted by Gasteiger charge is 2.28. The molecule has 0 saturated heterocycles. The minimum atomic E-state index is -0.984. The average molecular weight is 442 g/mol. The summed E-state index contributed by atoms with van der Waals surface area (Å²) in [5.74, 6) is -7.78. The molecule has 0 aliphatic heterocycles. The van der Waals surface area contributed by atoms with Gasteiger partial charge in [0.2, 0.25) is 23.0 Å². The topological polar surface area (TPSA) is 174 Å². The summed E-state index contributed by atoms with van der Waals surface area (Å²) in [6.45, 7) is 0. The molecule has 0 atom stereocenters. The molecule has 6 N–H and O–H groups in total. The third-order valence-corrected chi connectivity index (χ3v) is 4.77. The fraction of sp³-hybridized carbons (Fsp3) is 0.0909. The largest absolute Gasteiger partial charge is 0.504 e. The van der Waals surface area contributed by atoms with Crippen molar-refractivity contribution in [3.05, 3.63) is 58.7 Å². The van der Waals surface area contributed by atoms with E-state index in [-0.39, 0.29) is 22.6 Å². The van der Waals surface area contributed by atoms with Gasteiger partial charge in [-0.3, -0.25) is 9.59 Å². The highest BCUT2D eigenvalue weighted by Crippen LogP contribution is 2.46. The van der Waals surface area contributed by atoms with Gasteiger partial charge in [0.05, 0.1) is 25.3 Å². The zero-order valence-electron chi connectivity index (χ0n) is 16.8. The molecule has 3 rings (SSSR count). The van der Waals surface area contributed by atoms with E-state index in [2.05, 4.69) is 0 Å². The first-order valence-corrected chi connectivity index (χ1v) is 8.96. The van der Waals surface area contributed by atoms with Gasteiger partial charge in [-0.15, -0.1) is 0 Å². The number of carbonyl (C=O) groups is 2. The molecule has 0 saturated carbocycles. The van der Waals surface area contributed by atoms with Gasteiger partial charge in [0.15, 0.2) is 34.6 Å². The quantitative estimate of drug-likeness (QED) is 0.246. The monoisotopic (exact) mass is 442 g/mol. The van der Waals surface area contributed by atoms with Crippen LogP contribution >= 0.6 is 0 Å². The van der Waals surface area contributed by atoms with Crippen LogP contribution in [0.1, 0.15) is 31.8 Å². The third kappa shape index (κ3) is 3.43. The Morgan fingerprint density at radius 2 is 0.906 bits per heavy atom. The highest BCUT2D eigenvalue weighted by molar-refractivity contribution is 6.21. The van der Waals surface area contributed by atoms with Gasteiger partial charge in [-0.25, -0.2) is 0 Å². The number of ketones is 2. The van der Waals surface area contributed by atoms with E-state index in [1.54, 1.807) is 0 Å². The van der Waals surface area contributed by atoms with Crippen LogP contribution in [-0.4, -0.2) is 56.4 Å². The summed E-state index contributed by atoms with van der Waals surface area (Å²) < 4.78 is 9.76. The number of phenols is 6. The smallest absolute Gasteiger partial charge is 0.205 e. The lowest BCUT2D eigenvalue weighted by molar-refractivity contribution is 0.0999. The van der Waals surface area contributed by atoms with E-state index in [9.17, 15) is 40.2 Å². The fourth-order valence-corrected chi connectivity index (χ4v) is 3.08. The summed E-state index contributed by atoms with van der Waals surface area (Å²) in [7, 11) is 2.34. The second kappa shape index (κ2) is 8.26. The lowest BCUT2D eigenvalue weighted by atomic mass is 9.92. The molecule has 0 aliphatic carbocycles. The number of aromatic hydroxyl groups is 6. The predicted molar refractivity (Wildman–Crippen MR) is 109 cm³/mol. The van der Waals surface area contributed by atoms with Crippen LogP contribution in [-0.2, 0) is 0 Å². The standard InChI is InChI=1S/C22H18O10/c1-31-13-7-11(17(25)21(29)19(13)27)15(23)9-5-3-4-6-10(9)16(24)12-8-14(32-2)20(28)22(30)18(12)26/h3-8,25-30H,1-2H3. The van der Waals surface area contributed by atoms with Crippen LogP contribution in [0.25, 0.3) is 0 Å². The van der Waals surface area contributed by atoms with Crippen molar-refractivity contribution < 1.29 is 49.7 Å². The number of rotatable bonds is 6. The molecule has 0 heterocycles.